The minimum Gasteiger partial charge on any atom is -0.373 e. The highest BCUT2D eigenvalue weighted by Gasteiger charge is 2.24. The number of nitrogens with two attached hydrogens (primary N) is 1. The van der Waals surface area contributed by atoms with E-state index in [4.69, 9.17) is 10.5 Å². The van der Waals surface area contributed by atoms with E-state index in [2.05, 4.69) is 24.9 Å². The predicted octanol–water partition coefficient (Wildman–Crippen LogP) is 2.16. The first-order valence-electron chi connectivity index (χ1n) is 5.99. The van der Waals surface area contributed by atoms with Gasteiger partial charge in [-0.2, -0.15) is 0 Å². The molecular formula is C13H22N2O. The van der Waals surface area contributed by atoms with E-state index >= 15 is 0 Å². The average Bonchev–Trinajstić information content (AvgIpc) is 2.37. The molecule has 3 heteroatoms. The third-order valence-electron chi connectivity index (χ3n) is 3.18. The molecule has 0 amide bonds. The molecule has 1 aromatic rings. The zero-order valence-corrected chi connectivity index (χ0v) is 10.3. The van der Waals surface area contributed by atoms with Crippen molar-refractivity contribution >= 4 is 0 Å². The minimum atomic E-state index is -0.137. The van der Waals surface area contributed by atoms with Gasteiger partial charge < -0.3 is 10.5 Å². The number of ether oxygens (including phenoxy) is 1. The van der Waals surface area contributed by atoms with Crippen LogP contribution in [0.3, 0.4) is 0 Å². The maximum absolute atomic E-state index is 5.93. The summed E-state index contributed by atoms with van der Waals surface area (Å²) in [5, 5.41) is 0. The molecule has 16 heavy (non-hydrogen) atoms. The fraction of sp³-hybridized carbons (Fsp3) is 0.615. The van der Waals surface area contributed by atoms with E-state index in [0.29, 0.717) is 13.2 Å². The van der Waals surface area contributed by atoms with Crippen LogP contribution in [0.1, 0.15) is 32.3 Å². The first-order chi connectivity index (χ1) is 7.76. The molecule has 0 spiro atoms. The average molecular weight is 222 g/mol. The van der Waals surface area contributed by atoms with Gasteiger partial charge in [0.2, 0.25) is 0 Å². The first-order valence-corrected chi connectivity index (χ1v) is 5.99. The SMILES string of the molecule is CCC(CC)(CN)OCCc1cccnc1. The Morgan fingerprint density at radius 1 is 1.38 bits per heavy atom. The standard InChI is InChI=1S/C13H22N2O/c1-3-13(4-2,11-14)16-9-7-12-6-5-8-15-10-12/h5-6,8,10H,3-4,7,9,11,14H2,1-2H3. The summed E-state index contributed by atoms with van der Waals surface area (Å²) in [7, 11) is 0. The van der Waals surface area contributed by atoms with Gasteiger partial charge >= 0.3 is 0 Å². The molecule has 1 aromatic heterocycles. The maximum Gasteiger partial charge on any atom is 0.0799 e. The highest BCUT2D eigenvalue weighted by molar-refractivity contribution is 5.08. The van der Waals surface area contributed by atoms with Crippen LogP contribution in [0.4, 0.5) is 0 Å². The number of nitrogens with zero attached hydrogens (tertiary/aromatic N) is 1. The van der Waals surface area contributed by atoms with Crippen LogP contribution in [0.2, 0.25) is 0 Å². The van der Waals surface area contributed by atoms with E-state index in [0.717, 1.165) is 19.3 Å². The molecule has 0 atom stereocenters. The van der Waals surface area contributed by atoms with Gasteiger partial charge in [0.25, 0.3) is 0 Å². The highest BCUT2D eigenvalue weighted by Crippen LogP contribution is 2.19. The van der Waals surface area contributed by atoms with Crippen molar-refractivity contribution < 1.29 is 4.74 Å². The topological polar surface area (TPSA) is 48.1 Å². The zero-order valence-electron chi connectivity index (χ0n) is 10.3. The Kier molecular flexibility index (Phi) is 5.43. The van der Waals surface area contributed by atoms with Crippen LogP contribution in [0, 0.1) is 0 Å². The molecule has 0 aliphatic carbocycles. The van der Waals surface area contributed by atoms with Crippen LogP contribution < -0.4 is 5.73 Å². The fourth-order valence-corrected chi connectivity index (χ4v) is 1.73. The van der Waals surface area contributed by atoms with Crippen molar-refractivity contribution in [3.05, 3.63) is 30.1 Å². The molecule has 2 N–H and O–H groups in total. The lowest BCUT2D eigenvalue weighted by molar-refractivity contribution is -0.0429. The Labute approximate surface area is 98.0 Å². The molecule has 0 unspecified atom stereocenters. The summed E-state index contributed by atoms with van der Waals surface area (Å²) < 4.78 is 5.93. The Morgan fingerprint density at radius 2 is 2.12 bits per heavy atom. The number of hydrogen-bond donors (Lipinski definition) is 1. The van der Waals surface area contributed by atoms with Gasteiger partial charge in [0.1, 0.15) is 0 Å². The van der Waals surface area contributed by atoms with E-state index in [1.54, 1.807) is 6.20 Å². The van der Waals surface area contributed by atoms with Gasteiger partial charge in [-0.3, -0.25) is 4.98 Å². The molecule has 0 aliphatic rings. The summed E-state index contributed by atoms with van der Waals surface area (Å²) in [4.78, 5) is 4.08. The molecule has 0 aliphatic heterocycles. The number of aromatic nitrogens is 1. The van der Waals surface area contributed by atoms with Crippen molar-refractivity contribution in [3.63, 3.8) is 0 Å². The van der Waals surface area contributed by atoms with Crippen molar-refractivity contribution in [2.75, 3.05) is 13.2 Å². The Bertz CT molecular complexity index is 275. The molecule has 0 radical (unpaired) electrons. The van der Waals surface area contributed by atoms with Crippen molar-refractivity contribution in [2.24, 2.45) is 5.73 Å². The van der Waals surface area contributed by atoms with Crippen molar-refractivity contribution in [1.29, 1.82) is 0 Å². The Balaban J connectivity index is 2.39. The lowest BCUT2D eigenvalue weighted by Crippen LogP contribution is -2.40. The molecule has 1 rings (SSSR count). The van der Waals surface area contributed by atoms with Crippen molar-refractivity contribution in [3.8, 4) is 0 Å². The van der Waals surface area contributed by atoms with Gasteiger partial charge in [-0.1, -0.05) is 19.9 Å². The Hall–Kier alpha value is -0.930. The lowest BCUT2D eigenvalue weighted by Gasteiger charge is -2.30. The third-order valence-corrected chi connectivity index (χ3v) is 3.18. The highest BCUT2D eigenvalue weighted by atomic mass is 16.5. The number of hydrogen-bond acceptors (Lipinski definition) is 3. The van der Waals surface area contributed by atoms with E-state index in [1.807, 2.05) is 12.3 Å². The van der Waals surface area contributed by atoms with E-state index < -0.39 is 0 Å². The molecule has 0 aromatic carbocycles. The molecule has 0 saturated heterocycles. The van der Waals surface area contributed by atoms with Gasteiger partial charge in [-0.15, -0.1) is 0 Å². The van der Waals surface area contributed by atoms with Gasteiger partial charge in [-0.05, 0) is 30.9 Å². The summed E-state index contributed by atoms with van der Waals surface area (Å²) in [5.41, 5.74) is 6.84. The second-order valence-electron chi connectivity index (χ2n) is 4.05. The molecule has 0 bridgehead atoms. The zero-order chi connectivity index (χ0) is 11.9. The van der Waals surface area contributed by atoms with Crippen LogP contribution in [0.25, 0.3) is 0 Å². The monoisotopic (exact) mass is 222 g/mol. The number of rotatable bonds is 7. The van der Waals surface area contributed by atoms with Crippen molar-refractivity contribution in [2.45, 2.75) is 38.7 Å². The summed E-state index contributed by atoms with van der Waals surface area (Å²) in [6.07, 6.45) is 6.49. The third kappa shape index (κ3) is 3.58. The van der Waals surface area contributed by atoms with Crippen LogP contribution in [-0.2, 0) is 11.2 Å². The largest absolute Gasteiger partial charge is 0.373 e. The molecule has 90 valence electrons. The quantitative estimate of drug-likeness (QED) is 0.769. The fourth-order valence-electron chi connectivity index (χ4n) is 1.73. The predicted molar refractivity (Wildman–Crippen MR) is 66.3 cm³/mol. The van der Waals surface area contributed by atoms with Gasteiger partial charge in [0, 0.05) is 18.9 Å². The molecule has 0 saturated carbocycles. The summed E-state index contributed by atoms with van der Waals surface area (Å²) in [6, 6.07) is 4.02. The first kappa shape index (κ1) is 13.1. The van der Waals surface area contributed by atoms with Crippen molar-refractivity contribution in [1.82, 2.24) is 4.98 Å². The molecule has 0 fully saturated rings. The smallest absolute Gasteiger partial charge is 0.0799 e. The van der Waals surface area contributed by atoms with E-state index in [-0.39, 0.29) is 5.60 Å². The van der Waals surface area contributed by atoms with Crippen LogP contribution in [0.5, 0.6) is 0 Å². The maximum atomic E-state index is 5.93. The summed E-state index contributed by atoms with van der Waals surface area (Å²) in [5.74, 6) is 0. The Morgan fingerprint density at radius 3 is 2.62 bits per heavy atom. The van der Waals surface area contributed by atoms with Gasteiger partial charge in [0.05, 0.1) is 12.2 Å². The normalized spacial score (nSPS) is 11.7. The molecular weight excluding hydrogens is 200 g/mol. The second-order valence-corrected chi connectivity index (χ2v) is 4.05. The van der Waals surface area contributed by atoms with Crippen LogP contribution >= 0.6 is 0 Å². The van der Waals surface area contributed by atoms with Gasteiger partial charge in [0.15, 0.2) is 0 Å². The van der Waals surface area contributed by atoms with Gasteiger partial charge in [-0.25, -0.2) is 0 Å². The summed E-state index contributed by atoms with van der Waals surface area (Å²) in [6.45, 7) is 5.55. The van der Waals surface area contributed by atoms with E-state index in [1.165, 1.54) is 5.56 Å². The summed E-state index contributed by atoms with van der Waals surface area (Å²) >= 11 is 0. The molecule has 3 nitrogen and oxygen atoms in total. The molecule has 1 heterocycles. The van der Waals surface area contributed by atoms with Crippen LogP contribution in [-0.4, -0.2) is 23.7 Å². The second kappa shape index (κ2) is 6.61. The van der Waals surface area contributed by atoms with E-state index in [9.17, 15) is 0 Å². The minimum absolute atomic E-state index is 0.137. The number of pyridine rings is 1. The van der Waals surface area contributed by atoms with Crippen LogP contribution in [0.15, 0.2) is 24.5 Å². The lowest BCUT2D eigenvalue weighted by atomic mass is 9.97.